The van der Waals surface area contributed by atoms with Crippen LogP contribution in [0.5, 0.6) is 0 Å². The minimum atomic E-state index is -4.21. The first kappa shape index (κ1) is 30.1. The maximum Gasteiger partial charge on any atom is 0.264 e. The van der Waals surface area contributed by atoms with Crippen LogP contribution in [0.2, 0.25) is 5.02 Å². The van der Waals surface area contributed by atoms with Crippen LogP contribution in [0.4, 0.5) is 15.9 Å². The highest BCUT2D eigenvalue weighted by atomic mass is 35.5. The molecule has 0 spiro atoms. The topological polar surface area (TPSA) is 134 Å². The third-order valence-electron chi connectivity index (χ3n) is 7.00. The van der Waals surface area contributed by atoms with Crippen molar-refractivity contribution < 1.29 is 22.7 Å². The van der Waals surface area contributed by atoms with E-state index in [1.54, 1.807) is 24.3 Å². The molecular formula is C28H33ClFN7O4S. The lowest BCUT2D eigenvalue weighted by molar-refractivity contribution is -0.0371. The minimum Gasteiger partial charge on any atom is -0.395 e. The van der Waals surface area contributed by atoms with Gasteiger partial charge in [-0.25, -0.2) is 27.5 Å². The van der Waals surface area contributed by atoms with Crippen LogP contribution in [0.3, 0.4) is 0 Å². The number of benzene rings is 2. The predicted molar refractivity (Wildman–Crippen MR) is 160 cm³/mol. The molecule has 0 bridgehead atoms. The molecule has 1 aliphatic heterocycles. The Morgan fingerprint density at radius 2 is 1.95 bits per heavy atom. The van der Waals surface area contributed by atoms with E-state index in [0.29, 0.717) is 49.1 Å². The summed E-state index contributed by atoms with van der Waals surface area (Å²) in [7, 11) is -2.28. The number of sulfonamides is 1. The van der Waals surface area contributed by atoms with Crippen molar-refractivity contribution in [3.8, 4) is 11.4 Å². The molecule has 3 N–H and O–H groups in total. The fraction of sp³-hybridized carbons (Fsp3) is 0.393. The van der Waals surface area contributed by atoms with E-state index >= 15 is 0 Å². The molecule has 1 saturated heterocycles. The lowest BCUT2D eigenvalue weighted by Gasteiger charge is -2.23. The Balaban J connectivity index is 1.47. The van der Waals surface area contributed by atoms with E-state index in [-0.39, 0.29) is 23.5 Å². The predicted octanol–water partition coefficient (Wildman–Crippen LogP) is 4.43. The van der Waals surface area contributed by atoms with E-state index in [4.69, 9.17) is 31.4 Å². The van der Waals surface area contributed by atoms with Crippen molar-refractivity contribution in [3.63, 3.8) is 0 Å². The molecular weight excluding hydrogens is 585 g/mol. The molecule has 0 amide bonds. The van der Waals surface area contributed by atoms with Crippen molar-refractivity contribution in [2.75, 3.05) is 49.9 Å². The number of aliphatic hydroxyl groups excluding tert-OH is 1. The first-order valence-corrected chi connectivity index (χ1v) is 15.5. The van der Waals surface area contributed by atoms with Crippen LogP contribution >= 0.6 is 11.6 Å². The molecule has 1 unspecified atom stereocenters. The quantitative estimate of drug-likeness (QED) is 0.223. The summed E-state index contributed by atoms with van der Waals surface area (Å²) in [5.74, 6) is 0.135. The van der Waals surface area contributed by atoms with Crippen molar-refractivity contribution in [2.45, 2.75) is 37.3 Å². The molecule has 2 aromatic carbocycles. The summed E-state index contributed by atoms with van der Waals surface area (Å²) in [6.45, 7) is 4.46. The average molecular weight is 618 g/mol. The van der Waals surface area contributed by atoms with Gasteiger partial charge in [-0.1, -0.05) is 11.6 Å². The van der Waals surface area contributed by atoms with Crippen LogP contribution in [-0.2, 0) is 14.8 Å². The average Bonchev–Trinajstić information content (AvgIpc) is 3.31. The smallest absolute Gasteiger partial charge is 0.264 e. The molecule has 4 aromatic rings. The fourth-order valence-electron chi connectivity index (χ4n) is 4.81. The van der Waals surface area contributed by atoms with Crippen molar-refractivity contribution in [1.82, 2.24) is 24.6 Å². The van der Waals surface area contributed by atoms with Gasteiger partial charge in [0.05, 0.1) is 17.7 Å². The van der Waals surface area contributed by atoms with E-state index in [0.717, 1.165) is 42.5 Å². The van der Waals surface area contributed by atoms with E-state index in [2.05, 4.69) is 10.0 Å². The fourth-order valence-corrected chi connectivity index (χ4v) is 6.21. The molecule has 1 atom stereocenters. The molecule has 11 nitrogen and oxygen atoms in total. The first-order valence-electron chi connectivity index (χ1n) is 13.7. The van der Waals surface area contributed by atoms with Crippen molar-refractivity contribution in [3.05, 3.63) is 59.0 Å². The van der Waals surface area contributed by atoms with Gasteiger partial charge in [0.15, 0.2) is 17.7 Å². The molecule has 42 heavy (non-hydrogen) atoms. The van der Waals surface area contributed by atoms with Gasteiger partial charge in [-0.3, -0.25) is 4.72 Å². The number of ether oxygens (including phenoxy) is 1. The van der Waals surface area contributed by atoms with Crippen LogP contribution in [-0.4, -0.2) is 78.1 Å². The maximum atomic E-state index is 14.2. The molecule has 3 heterocycles. The monoisotopic (exact) mass is 617 g/mol. The van der Waals surface area contributed by atoms with Gasteiger partial charge >= 0.3 is 0 Å². The van der Waals surface area contributed by atoms with Gasteiger partial charge in [-0.15, -0.1) is 0 Å². The number of nitrogens with one attached hydrogen (secondary N) is 2. The second-order valence-corrected chi connectivity index (χ2v) is 12.2. The largest absolute Gasteiger partial charge is 0.395 e. The number of hydrogen-bond donors (Lipinski definition) is 3. The molecule has 0 saturated carbocycles. The van der Waals surface area contributed by atoms with Crippen molar-refractivity contribution in [2.24, 2.45) is 0 Å². The maximum absolute atomic E-state index is 14.2. The number of aliphatic hydroxyl groups is 1. The molecule has 1 aliphatic rings. The van der Waals surface area contributed by atoms with Gasteiger partial charge in [-0.2, -0.15) is 5.10 Å². The van der Waals surface area contributed by atoms with Gasteiger partial charge in [0.1, 0.15) is 16.5 Å². The van der Waals surface area contributed by atoms with E-state index < -0.39 is 20.7 Å². The number of nitrogens with zero attached hydrogens (tertiary/aromatic N) is 5. The summed E-state index contributed by atoms with van der Waals surface area (Å²) in [5.41, 5.74) is 2.29. The second kappa shape index (κ2) is 12.9. The molecule has 0 radical (unpaired) electrons. The van der Waals surface area contributed by atoms with Crippen LogP contribution in [0, 0.1) is 12.7 Å². The number of hydrogen-bond acceptors (Lipinski definition) is 9. The van der Waals surface area contributed by atoms with Gasteiger partial charge < -0.3 is 20.1 Å². The Morgan fingerprint density at radius 3 is 2.67 bits per heavy atom. The Morgan fingerprint density at radius 1 is 1.17 bits per heavy atom. The van der Waals surface area contributed by atoms with Gasteiger partial charge in [0.2, 0.25) is 0 Å². The van der Waals surface area contributed by atoms with Crippen LogP contribution in [0.25, 0.3) is 22.4 Å². The highest BCUT2D eigenvalue weighted by Gasteiger charge is 2.24. The Kier molecular flexibility index (Phi) is 9.23. The second-order valence-electron chi connectivity index (χ2n) is 10.2. The number of aryl methyl sites for hydroxylation is 1. The van der Waals surface area contributed by atoms with Crippen molar-refractivity contribution in [1.29, 1.82) is 0 Å². The van der Waals surface area contributed by atoms with Gasteiger partial charge in [0, 0.05) is 42.5 Å². The standard InChI is InChI=1S/C28H33ClFN7O4S/c1-18-25-27(31-12-13-36(2)14-15-38)32-26(33-28(25)37(34-18)24-5-3-4-16-41-24)19-6-9-21(10-7-19)35-42(39,40)23-17-20(29)8-11-22(23)30/h6-11,17,24,35,38H,3-5,12-16H2,1-2H3,(H,31,32,33). The minimum absolute atomic E-state index is 0.0753. The Labute approximate surface area is 248 Å². The van der Waals surface area contributed by atoms with Crippen LogP contribution < -0.4 is 10.0 Å². The Bertz CT molecular complexity index is 1660. The summed E-state index contributed by atoms with van der Waals surface area (Å²) in [4.78, 5) is 11.2. The number of anilines is 2. The molecule has 224 valence electrons. The van der Waals surface area contributed by atoms with E-state index in [1.165, 1.54) is 6.07 Å². The number of fused-ring (bicyclic) bond motifs is 1. The molecule has 1 fully saturated rings. The molecule has 5 rings (SSSR count). The lowest BCUT2D eigenvalue weighted by atomic mass is 10.2. The zero-order valence-corrected chi connectivity index (χ0v) is 24.9. The van der Waals surface area contributed by atoms with Gasteiger partial charge in [-0.05, 0) is 75.7 Å². The van der Waals surface area contributed by atoms with E-state index in [1.807, 2.05) is 23.6 Å². The normalized spacial score (nSPS) is 15.8. The van der Waals surface area contributed by atoms with Crippen LogP contribution in [0.1, 0.15) is 31.2 Å². The van der Waals surface area contributed by atoms with Crippen LogP contribution in [0.15, 0.2) is 47.4 Å². The number of rotatable bonds is 11. The number of aromatic nitrogens is 4. The summed E-state index contributed by atoms with van der Waals surface area (Å²) >= 11 is 5.89. The highest BCUT2D eigenvalue weighted by molar-refractivity contribution is 7.92. The van der Waals surface area contributed by atoms with Crippen molar-refractivity contribution >= 4 is 44.2 Å². The first-order chi connectivity index (χ1) is 20.2. The third kappa shape index (κ3) is 6.65. The SMILES string of the molecule is Cc1nn(C2CCCCO2)c2nc(-c3ccc(NS(=O)(=O)c4cc(Cl)ccc4F)cc3)nc(NCCN(C)CCO)c12. The highest BCUT2D eigenvalue weighted by Crippen LogP contribution is 2.32. The number of likely N-dealkylation sites (N-methyl/N-ethyl adjacent to an activating group) is 1. The zero-order chi connectivity index (χ0) is 29.9. The van der Waals surface area contributed by atoms with Gasteiger partial charge in [0.25, 0.3) is 10.0 Å². The van der Waals surface area contributed by atoms with E-state index in [9.17, 15) is 17.9 Å². The summed E-state index contributed by atoms with van der Waals surface area (Å²) in [6.07, 6.45) is 2.63. The Hall–Kier alpha value is -3.36. The molecule has 2 aromatic heterocycles. The summed E-state index contributed by atoms with van der Waals surface area (Å²) in [5, 5.41) is 18.3. The third-order valence-corrected chi connectivity index (χ3v) is 8.63. The lowest BCUT2D eigenvalue weighted by Crippen LogP contribution is -2.28. The zero-order valence-electron chi connectivity index (χ0n) is 23.3. The molecule has 14 heteroatoms. The molecule has 0 aliphatic carbocycles. The summed E-state index contributed by atoms with van der Waals surface area (Å²) < 4.78 is 50.1. The summed E-state index contributed by atoms with van der Waals surface area (Å²) in [6, 6.07) is 9.86. The number of halogens is 2.